The van der Waals surface area contributed by atoms with Crippen LogP contribution in [0, 0.1) is 0 Å². The molecule has 0 amide bonds. The van der Waals surface area contributed by atoms with Crippen molar-refractivity contribution in [3.8, 4) is 0 Å². The molecule has 0 radical (unpaired) electrons. The summed E-state index contributed by atoms with van der Waals surface area (Å²) in [6.07, 6.45) is 7.32. The number of rotatable bonds is 4. The predicted octanol–water partition coefficient (Wildman–Crippen LogP) is 2.38. The number of anilines is 1. The minimum Gasteiger partial charge on any atom is -0.395 e. The third-order valence-corrected chi connectivity index (χ3v) is 4.27. The lowest BCUT2D eigenvalue weighted by atomic mass is 9.91. The molecule has 1 aliphatic carbocycles. The monoisotopic (exact) mass is 288 g/mol. The Bertz CT molecular complexity index is 625. The highest BCUT2D eigenvalue weighted by atomic mass is 16.3. The Kier molecular flexibility index (Phi) is 3.61. The van der Waals surface area contributed by atoms with Crippen molar-refractivity contribution in [3.63, 3.8) is 0 Å². The fraction of sp³-hybridized carbons (Fsp3) is 0.625. The van der Waals surface area contributed by atoms with Gasteiger partial charge in [-0.3, -0.25) is 0 Å². The Morgan fingerprint density at radius 1 is 1.38 bits per heavy atom. The first-order chi connectivity index (χ1) is 10.0. The fourth-order valence-corrected chi connectivity index (χ4v) is 2.76. The molecule has 0 aliphatic heterocycles. The summed E-state index contributed by atoms with van der Waals surface area (Å²) in [4.78, 5) is 6.82. The van der Waals surface area contributed by atoms with Crippen LogP contribution in [-0.2, 0) is 5.41 Å². The van der Waals surface area contributed by atoms with E-state index in [1.165, 1.54) is 19.3 Å². The predicted molar refractivity (Wildman–Crippen MR) is 83.8 cm³/mol. The summed E-state index contributed by atoms with van der Waals surface area (Å²) < 4.78 is 1.91. The molecule has 21 heavy (non-hydrogen) atoms. The molecule has 1 aliphatic rings. The standard InChI is InChI=1S/C16H24N4O/c1-16(2,3)14-11-13-15(17-7-8-20(13)18-14)19(9-10-21)12-5-4-6-12/h7-8,11-12,21H,4-6,9-10H2,1-3H3. The normalized spacial score (nSPS) is 16.2. The second kappa shape index (κ2) is 5.30. The first-order valence-corrected chi connectivity index (χ1v) is 7.73. The van der Waals surface area contributed by atoms with Crippen molar-refractivity contribution in [3.05, 3.63) is 24.2 Å². The highest BCUT2D eigenvalue weighted by Gasteiger charge is 2.28. The summed E-state index contributed by atoms with van der Waals surface area (Å²) in [6, 6.07) is 2.63. The first-order valence-electron chi connectivity index (χ1n) is 7.73. The van der Waals surface area contributed by atoms with E-state index < -0.39 is 0 Å². The molecule has 0 atom stereocenters. The van der Waals surface area contributed by atoms with E-state index in [4.69, 9.17) is 0 Å². The molecule has 0 bridgehead atoms. The summed E-state index contributed by atoms with van der Waals surface area (Å²) in [5.74, 6) is 0.944. The van der Waals surface area contributed by atoms with Crippen LogP contribution in [0.5, 0.6) is 0 Å². The first kappa shape index (κ1) is 14.3. The van der Waals surface area contributed by atoms with Gasteiger partial charge in [-0.25, -0.2) is 9.50 Å². The van der Waals surface area contributed by atoms with Crippen LogP contribution >= 0.6 is 0 Å². The Hall–Kier alpha value is -1.62. The SMILES string of the molecule is CC(C)(C)c1cc2c(N(CCO)C3CCC3)nccn2n1. The quantitative estimate of drug-likeness (QED) is 0.938. The average molecular weight is 288 g/mol. The van der Waals surface area contributed by atoms with E-state index in [1.807, 2.05) is 10.7 Å². The molecule has 3 rings (SSSR count). The number of aliphatic hydroxyl groups excluding tert-OH is 1. The van der Waals surface area contributed by atoms with Gasteiger partial charge in [-0.2, -0.15) is 5.10 Å². The number of aromatic nitrogens is 3. The largest absolute Gasteiger partial charge is 0.395 e. The van der Waals surface area contributed by atoms with Crippen molar-refractivity contribution in [2.45, 2.75) is 51.5 Å². The van der Waals surface area contributed by atoms with Crippen LogP contribution in [0.3, 0.4) is 0 Å². The lowest BCUT2D eigenvalue weighted by Crippen LogP contribution is -2.42. The zero-order chi connectivity index (χ0) is 15.0. The highest BCUT2D eigenvalue weighted by molar-refractivity contribution is 5.70. The number of fused-ring (bicyclic) bond motifs is 1. The Labute approximate surface area is 125 Å². The van der Waals surface area contributed by atoms with Gasteiger partial charge in [-0.05, 0) is 25.3 Å². The van der Waals surface area contributed by atoms with Crippen molar-refractivity contribution in [2.24, 2.45) is 0 Å². The summed E-state index contributed by atoms with van der Waals surface area (Å²) in [6.45, 7) is 7.28. The molecule has 5 heteroatoms. The van der Waals surface area contributed by atoms with Gasteiger partial charge in [-0.15, -0.1) is 0 Å². The fourth-order valence-electron chi connectivity index (χ4n) is 2.76. The summed E-state index contributed by atoms with van der Waals surface area (Å²) in [5.41, 5.74) is 2.11. The van der Waals surface area contributed by atoms with Crippen LogP contribution in [0.25, 0.3) is 5.52 Å². The topological polar surface area (TPSA) is 53.7 Å². The van der Waals surface area contributed by atoms with Crippen molar-refractivity contribution in [2.75, 3.05) is 18.1 Å². The van der Waals surface area contributed by atoms with Gasteiger partial charge in [-0.1, -0.05) is 20.8 Å². The van der Waals surface area contributed by atoms with Gasteiger partial charge < -0.3 is 10.0 Å². The van der Waals surface area contributed by atoms with Crippen LogP contribution in [0.2, 0.25) is 0 Å². The van der Waals surface area contributed by atoms with Crippen molar-refractivity contribution in [1.82, 2.24) is 14.6 Å². The maximum atomic E-state index is 9.38. The second-order valence-corrected chi connectivity index (χ2v) is 6.86. The maximum absolute atomic E-state index is 9.38. The Balaban J connectivity index is 2.06. The molecule has 0 aromatic carbocycles. The lowest BCUT2D eigenvalue weighted by molar-refractivity contribution is 0.283. The van der Waals surface area contributed by atoms with E-state index in [1.54, 1.807) is 6.20 Å². The molecular weight excluding hydrogens is 264 g/mol. The van der Waals surface area contributed by atoms with Gasteiger partial charge in [0.2, 0.25) is 0 Å². The molecule has 0 spiro atoms. The molecule has 1 fully saturated rings. The van der Waals surface area contributed by atoms with Gasteiger partial charge in [0.15, 0.2) is 5.82 Å². The number of nitrogens with zero attached hydrogens (tertiary/aromatic N) is 4. The molecule has 114 valence electrons. The molecule has 2 aromatic rings. The summed E-state index contributed by atoms with van der Waals surface area (Å²) >= 11 is 0. The third kappa shape index (κ3) is 2.62. The number of hydrogen-bond acceptors (Lipinski definition) is 4. The van der Waals surface area contributed by atoms with Gasteiger partial charge in [0, 0.05) is 30.4 Å². The van der Waals surface area contributed by atoms with Crippen LogP contribution in [0.4, 0.5) is 5.82 Å². The third-order valence-electron chi connectivity index (χ3n) is 4.27. The van der Waals surface area contributed by atoms with E-state index in [2.05, 4.69) is 41.8 Å². The Morgan fingerprint density at radius 2 is 2.14 bits per heavy atom. The van der Waals surface area contributed by atoms with E-state index in [0.29, 0.717) is 12.6 Å². The highest BCUT2D eigenvalue weighted by Crippen LogP contribution is 2.32. The van der Waals surface area contributed by atoms with E-state index in [0.717, 1.165) is 17.0 Å². The zero-order valence-electron chi connectivity index (χ0n) is 13.1. The molecule has 1 N–H and O–H groups in total. The van der Waals surface area contributed by atoms with Gasteiger partial charge in [0.1, 0.15) is 5.52 Å². The number of hydrogen-bond donors (Lipinski definition) is 1. The Morgan fingerprint density at radius 3 is 2.71 bits per heavy atom. The van der Waals surface area contributed by atoms with E-state index in [-0.39, 0.29) is 12.0 Å². The second-order valence-electron chi connectivity index (χ2n) is 6.86. The number of aliphatic hydroxyl groups is 1. The molecule has 2 aromatic heterocycles. The minimum atomic E-state index is 0.0154. The molecular formula is C16H24N4O. The van der Waals surface area contributed by atoms with Gasteiger partial charge >= 0.3 is 0 Å². The molecule has 0 saturated heterocycles. The zero-order valence-corrected chi connectivity index (χ0v) is 13.1. The summed E-state index contributed by atoms with van der Waals surface area (Å²) in [7, 11) is 0. The van der Waals surface area contributed by atoms with Crippen LogP contribution in [0.1, 0.15) is 45.7 Å². The van der Waals surface area contributed by atoms with Crippen molar-refractivity contribution >= 4 is 11.3 Å². The lowest BCUT2D eigenvalue weighted by Gasteiger charge is -2.38. The summed E-state index contributed by atoms with van der Waals surface area (Å²) in [5, 5.41) is 14.1. The smallest absolute Gasteiger partial charge is 0.155 e. The molecule has 0 unspecified atom stereocenters. The maximum Gasteiger partial charge on any atom is 0.155 e. The van der Waals surface area contributed by atoms with Crippen LogP contribution in [-0.4, -0.2) is 38.9 Å². The van der Waals surface area contributed by atoms with E-state index in [9.17, 15) is 5.11 Å². The average Bonchev–Trinajstić information content (AvgIpc) is 2.79. The van der Waals surface area contributed by atoms with Crippen LogP contribution in [0.15, 0.2) is 18.5 Å². The molecule has 1 saturated carbocycles. The molecule has 2 heterocycles. The van der Waals surface area contributed by atoms with Gasteiger partial charge in [0.05, 0.1) is 12.3 Å². The van der Waals surface area contributed by atoms with Crippen molar-refractivity contribution < 1.29 is 5.11 Å². The minimum absolute atomic E-state index is 0.0154. The van der Waals surface area contributed by atoms with Crippen molar-refractivity contribution in [1.29, 1.82) is 0 Å². The van der Waals surface area contributed by atoms with Gasteiger partial charge in [0.25, 0.3) is 0 Å². The molecule has 5 nitrogen and oxygen atoms in total. The van der Waals surface area contributed by atoms with Crippen LogP contribution < -0.4 is 4.90 Å². The van der Waals surface area contributed by atoms with E-state index >= 15 is 0 Å².